The summed E-state index contributed by atoms with van der Waals surface area (Å²) in [5.74, 6) is 0.157. The molecule has 0 aromatic heterocycles. The lowest BCUT2D eigenvalue weighted by atomic mass is 9.80. The fraction of sp³-hybridized carbons (Fsp3) is 0.929. The molecule has 2 heteroatoms. The van der Waals surface area contributed by atoms with E-state index in [0.29, 0.717) is 0 Å². The van der Waals surface area contributed by atoms with Crippen LogP contribution >= 0.6 is 0 Å². The number of hydrogen-bond acceptors (Lipinski definition) is 1. The van der Waals surface area contributed by atoms with Gasteiger partial charge in [-0.3, -0.25) is 4.79 Å². The molecule has 0 rings (SSSR count). The maximum atomic E-state index is 12.1. The molecule has 0 bridgehead atoms. The third kappa shape index (κ3) is 5.53. The number of amides is 1. The van der Waals surface area contributed by atoms with Crippen LogP contribution in [-0.4, -0.2) is 11.4 Å². The van der Waals surface area contributed by atoms with Crippen LogP contribution in [0.3, 0.4) is 0 Å². The zero-order valence-electron chi connectivity index (χ0n) is 12.3. The van der Waals surface area contributed by atoms with E-state index in [4.69, 9.17) is 0 Å². The summed E-state index contributed by atoms with van der Waals surface area (Å²) in [6, 6.07) is 0. The molecule has 0 aliphatic rings. The fourth-order valence-corrected chi connectivity index (χ4v) is 2.01. The second kappa shape index (κ2) is 4.77. The Balaban J connectivity index is 4.55. The van der Waals surface area contributed by atoms with Gasteiger partial charge in [-0.15, -0.1) is 0 Å². The predicted molar refractivity (Wildman–Crippen MR) is 70.4 cm³/mol. The van der Waals surface area contributed by atoms with Crippen LogP contribution in [0.5, 0.6) is 0 Å². The van der Waals surface area contributed by atoms with E-state index in [2.05, 4.69) is 46.9 Å². The van der Waals surface area contributed by atoms with Crippen LogP contribution in [0, 0.1) is 10.8 Å². The molecule has 16 heavy (non-hydrogen) atoms. The summed E-state index contributed by atoms with van der Waals surface area (Å²) >= 11 is 0. The van der Waals surface area contributed by atoms with Crippen molar-refractivity contribution in [3.8, 4) is 0 Å². The molecule has 0 atom stereocenters. The normalized spacial score (nSPS) is 13.8. The highest BCUT2D eigenvalue weighted by Crippen LogP contribution is 2.28. The number of nitrogens with one attached hydrogen (secondary N) is 1. The first-order valence-electron chi connectivity index (χ1n) is 6.22. The average Bonchev–Trinajstić information content (AvgIpc) is 1.98. The van der Waals surface area contributed by atoms with E-state index in [9.17, 15) is 4.79 Å². The quantitative estimate of drug-likeness (QED) is 0.778. The van der Waals surface area contributed by atoms with Gasteiger partial charge in [0.05, 0.1) is 0 Å². The van der Waals surface area contributed by atoms with Gasteiger partial charge in [0.1, 0.15) is 0 Å². The molecule has 0 radical (unpaired) electrons. The average molecular weight is 227 g/mol. The second-order valence-corrected chi connectivity index (χ2v) is 7.31. The van der Waals surface area contributed by atoms with Gasteiger partial charge < -0.3 is 5.32 Å². The number of rotatable bonds is 4. The van der Waals surface area contributed by atoms with Gasteiger partial charge in [0.2, 0.25) is 5.91 Å². The molecule has 0 aromatic carbocycles. The second-order valence-electron chi connectivity index (χ2n) is 7.31. The molecular formula is C14H29NO. The van der Waals surface area contributed by atoms with Gasteiger partial charge in [-0.2, -0.15) is 0 Å². The zero-order chi connectivity index (χ0) is 13.2. The van der Waals surface area contributed by atoms with E-state index >= 15 is 0 Å². The maximum Gasteiger partial charge on any atom is 0.226 e. The molecule has 0 fully saturated rings. The molecule has 2 nitrogen and oxygen atoms in total. The van der Waals surface area contributed by atoms with Crippen LogP contribution in [0.1, 0.15) is 68.2 Å². The molecule has 96 valence electrons. The largest absolute Gasteiger partial charge is 0.351 e. The van der Waals surface area contributed by atoms with Crippen LogP contribution in [0.15, 0.2) is 0 Å². The minimum Gasteiger partial charge on any atom is -0.351 e. The Hall–Kier alpha value is -0.530. The predicted octanol–water partition coefficient (Wildman–Crippen LogP) is 3.75. The van der Waals surface area contributed by atoms with E-state index < -0.39 is 0 Å². The lowest BCUT2D eigenvalue weighted by Crippen LogP contribution is -2.50. The lowest BCUT2D eigenvalue weighted by Gasteiger charge is -2.36. The highest BCUT2D eigenvalue weighted by Gasteiger charge is 2.32. The third-order valence-corrected chi connectivity index (χ3v) is 2.92. The Bertz CT molecular complexity index is 246. The molecule has 0 saturated carbocycles. The number of carbonyl (C=O) groups excluding carboxylic acids is 1. The molecule has 0 spiro atoms. The molecule has 0 heterocycles. The summed E-state index contributed by atoms with van der Waals surface area (Å²) in [6.45, 7) is 16.8. The van der Waals surface area contributed by atoms with Crippen molar-refractivity contribution in [1.82, 2.24) is 5.32 Å². The summed E-state index contributed by atoms with van der Waals surface area (Å²) in [4.78, 5) is 12.1. The van der Waals surface area contributed by atoms with Crippen molar-refractivity contribution in [2.45, 2.75) is 73.8 Å². The van der Waals surface area contributed by atoms with Gasteiger partial charge in [-0.25, -0.2) is 0 Å². The maximum absolute atomic E-state index is 12.1. The van der Waals surface area contributed by atoms with Gasteiger partial charge >= 0.3 is 0 Å². The van der Waals surface area contributed by atoms with Crippen LogP contribution < -0.4 is 5.32 Å². The van der Waals surface area contributed by atoms with Crippen molar-refractivity contribution in [3.05, 3.63) is 0 Å². The van der Waals surface area contributed by atoms with E-state index in [0.717, 1.165) is 12.8 Å². The Morgan fingerprint density at radius 2 is 1.44 bits per heavy atom. The van der Waals surface area contributed by atoms with Crippen LogP contribution in [0.2, 0.25) is 0 Å². The van der Waals surface area contributed by atoms with Gasteiger partial charge in [-0.05, 0) is 32.1 Å². The monoisotopic (exact) mass is 227 g/mol. The lowest BCUT2D eigenvalue weighted by molar-refractivity contribution is -0.131. The highest BCUT2D eigenvalue weighted by atomic mass is 16.2. The van der Waals surface area contributed by atoms with Gasteiger partial charge in [-0.1, -0.05) is 41.5 Å². The van der Waals surface area contributed by atoms with Gasteiger partial charge in [0, 0.05) is 11.0 Å². The molecule has 1 amide bonds. The fourth-order valence-electron chi connectivity index (χ4n) is 2.01. The van der Waals surface area contributed by atoms with Crippen LogP contribution in [-0.2, 0) is 4.79 Å². The van der Waals surface area contributed by atoms with Crippen molar-refractivity contribution in [1.29, 1.82) is 0 Å². The van der Waals surface area contributed by atoms with Crippen molar-refractivity contribution < 1.29 is 4.79 Å². The van der Waals surface area contributed by atoms with E-state index in [1.807, 2.05) is 13.8 Å². The minimum absolute atomic E-state index is 0.137. The molecule has 0 aromatic rings. The van der Waals surface area contributed by atoms with Crippen molar-refractivity contribution >= 4 is 5.91 Å². The topological polar surface area (TPSA) is 29.1 Å². The number of hydrogen-bond donors (Lipinski definition) is 1. The number of carbonyl (C=O) groups is 1. The molecule has 0 saturated heterocycles. The third-order valence-electron chi connectivity index (χ3n) is 2.92. The first-order chi connectivity index (χ1) is 6.90. The summed E-state index contributed by atoms with van der Waals surface area (Å²) in [5, 5.41) is 3.17. The summed E-state index contributed by atoms with van der Waals surface area (Å²) < 4.78 is 0. The van der Waals surface area contributed by atoms with Gasteiger partial charge in [0.15, 0.2) is 0 Å². The van der Waals surface area contributed by atoms with Crippen LogP contribution in [0.4, 0.5) is 0 Å². The summed E-state index contributed by atoms with van der Waals surface area (Å²) in [5.41, 5.74) is -0.177. The standard InChI is InChI=1S/C14H29NO/c1-9-13(5,6)11(16)15-14(7,8)10-12(2,3)4/h9-10H2,1-8H3,(H,15,16). The van der Waals surface area contributed by atoms with Crippen molar-refractivity contribution in [2.24, 2.45) is 10.8 Å². The summed E-state index contributed by atoms with van der Waals surface area (Å²) in [6.07, 6.45) is 1.84. The molecular weight excluding hydrogens is 198 g/mol. The van der Waals surface area contributed by atoms with E-state index in [1.54, 1.807) is 0 Å². The summed E-state index contributed by atoms with van der Waals surface area (Å²) in [7, 11) is 0. The SMILES string of the molecule is CCC(C)(C)C(=O)NC(C)(C)CC(C)(C)C. The Morgan fingerprint density at radius 3 is 1.75 bits per heavy atom. The first kappa shape index (κ1) is 15.5. The van der Waals surface area contributed by atoms with Gasteiger partial charge in [0.25, 0.3) is 0 Å². The minimum atomic E-state index is -0.269. The van der Waals surface area contributed by atoms with Crippen LogP contribution in [0.25, 0.3) is 0 Å². The van der Waals surface area contributed by atoms with E-state index in [-0.39, 0.29) is 22.3 Å². The molecule has 0 aliphatic carbocycles. The Morgan fingerprint density at radius 1 is 1.00 bits per heavy atom. The molecule has 0 unspecified atom stereocenters. The molecule has 0 aliphatic heterocycles. The highest BCUT2D eigenvalue weighted by molar-refractivity contribution is 5.82. The van der Waals surface area contributed by atoms with Crippen molar-refractivity contribution in [2.75, 3.05) is 0 Å². The smallest absolute Gasteiger partial charge is 0.226 e. The van der Waals surface area contributed by atoms with Crippen molar-refractivity contribution in [3.63, 3.8) is 0 Å². The van der Waals surface area contributed by atoms with E-state index in [1.165, 1.54) is 0 Å². The zero-order valence-corrected chi connectivity index (χ0v) is 12.3. The molecule has 1 N–H and O–H groups in total. The Labute approximate surface area is 101 Å². The first-order valence-corrected chi connectivity index (χ1v) is 6.22. The Kier molecular flexibility index (Phi) is 4.61.